The van der Waals surface area contributed by atoms with E-state index in [-0.39, 0.29) is 38.0 Å². The molecule has 192 valence electrons. The van der Waals surface area contributed by atoms with Crippen molar-refractivity contribution < 1.29 is 26.7 Å². The molecular formula is C24H26F3N5O3S. The summed E-state index contributed by atoms with van der Waals surface area (Å²) in [6.07, 6.45) is 3.00. The molecule has 1 unspecified atom stereocenters. The van der Waals surface area contributed by atoms with Crippen molar-refractivity contribution in [3.8, 4) is 0 Å². The summed E-state index contributed by atoms with van der Waals surface area (Å²) in [7, 11) is -4.17. The van der Waals surface area contributed by atoms with Crippen LogP contribution in [0.5, 0.6) is 0 Å². The summed E-state index contributed by atoms with van der Waals surface area (Å²) >= 11 is 0. The van der Waals surface area contributed by atoms with Gasteiger partial charge in [-0.1, -0.05) is 23.1 Å². The average molecular weight is 522 g/mol. The summed E-state index contributed by atoms with van der Waals surface area (Å²) < 4.78 is 67.3. The average Bonchev–Trinajstić information content (AvgIpc) is 3.46. The lowest BCUT2D eigenvalue weighted by molar-refractivity contribution is -0.137. The number of nitrogens with one attached hydrogen (secondary N) is 1. The normalized spacial score (nSPS) is 23.8. The van der Waals surface area contributed by atoms with E-state index in [1.54, 1.807) is 29.4 Å². The Bertz CT molecular complexity index is 1210. The van der Waals surface area contributed by atoms with E-state index in [9.17, 15) is 26.7 Å². The van der Waals surface area contributed by atoms with Gasteiger partial charge in [0.05, 0.1) is 23.5 Å². The van der Waals surface area contributed by atoms with Crippen LogP contribution >= 0.6 is 0 Å². The molecule has 0 bridgehead atoms. The number of hydrogen-bond acceptors (Lipinski definition) is 5. The number of hydrogen-bond donors (Lipinski definition) is 1. The van der Waals surface area contributed by atoms with Crippen LogP contribution in [0.1, 0.15) is 44.1 Å². The Hall–Kier alpha value is -2.83. The van der Waals surface area contributed by atoms with Gasteiger partial charge in [0.2, 0.25) is 0 Å². The second kappa shape index (κ2) is 9.24. The number of halogens is 3. The Morgan fingerprint density at radius 1 is 1.14 bits per heavy atom. The van der Waals surface area contributed by atoms with Crippen LogP contribution in [0.15, 0.2) is 58.7 Å². The first-order valence-electron chi connectivity index (χ1n) is 11.9. The summed E-state index contributed by atoms with van der Waals surface area (Å²) in [4.78, 5) is 23.4. The van der Waals surface area contributed by atoms with Gasteiger partial charge >= 0.3 is 12.2 Å². The van der Waals surface area contributed by atoms with Gasteiger partial charge in [0.25, 0.3) is 0 Å². The number of amides is 2. The number of carbonyl (C=O) groups is 1. The minimum Gasteiger partial charge on any atom is -0.593 e. The summed E-state index contributed by atoms with van der Waals surface area (Å²) in [6, 6.07) is 7.00. The molecule has 1 spiro atoms. The zero-order valence-corrected chi connectivity index (χ0v) is 20.2. The van der Waals surface area contributed by atoms with Crippen LogP contribution in [-0.4, -0.2) is 50.4 Å². The molecule has 3 fully saturated rings. The van der Waals surface area contributed by atoms with Gasteiger partial charge in [0, 0.05) is 25.4 Å². The van der Waals surface area contributed by atoms with Gasteiger partial charge < -0.3 is 4.55 Å². The monoisotopic (exact) mass is 521 g/mol. The molecule has 1 saturated carbocycles. The largest absolute Gasteiger partial charge is 0.593 e. The lowest BCUT2D eigenvalue weighted by Crippen LogP contribution is -2.58. The predicted molar refractivity (Wildman–Crippen MR) is 127 cm³/mol. The van der Waals surface area contributed by atoms with Gasteiger partial charge in [-0.05, 0) is 49.9 Å². The molecule has 2 aromatic rings. The number of benzene rings is 1. The van der Waals surface area contributed by atoms with Crippen LogP contribution in [0.25, 0.3) is 0 Å². The van der Waals surface area contributed by atoms with Gasteiger partial charge in [-0.25, -0.2) is 4.79 Å². The van der Waals surface area contributed by atoms with Crippen LogP contribution in [0.3, 0.4) is 0 Å². The number of carbonyl (C=O) groups excluding carboxylic acids is 1. The number of rotatable bonds is 4. The third-order valence-corrected chi connectivity index (χ3v) is 9.08. The van der Waals surface area contributed by atoms with Gasteiger partial charge in [-0.2, -0.15) is 13.2 Å². The number of amidine groups is 1. The number of sulfonamides is 1. The number of alkyl halides is 3. The fourth-order valence-corrected chi connectivity index (χ4v) is 6.82. The number of aromatic nitrogens is 1. The third-order valence-electron chi connectivity index (χ3n) is 7.19. The number of urea groups is 1. The van der Waals surface area contributed by atoms with E-state index in [1.165, 1.54) is 10.4 Å². The van der Waals surface area contributed by atoms with Crippen LogP contribution in [-0.2, 0) is 20.8 Å². The van der Waals surface area contributed by atoms with Crippen molar-refractivity contribution in [1.29, 1.82) is 0 Å². The summed E-state index contributed by atoms with van der Waals surface area (Å²) in [5.74, 6) is 0.527. The van der Waals surface area contributed by atoms with Crippen molar-refractivity contribution in [2.24, 2.45) is 4.99 Å². The maximum atomic E-state index is 13.3. The smallest absolute Gasteiger partial charge is 0.416 e. The quantitative estimate of drug-likeness (QED) is 0.603. The van der Waals surface area contributed by atoms with Crippen LogP contribution < -0.4 is 10.2 Å². The van der Waals surface area contributed by atoms with Crippen molar-refractivity contribution in [2.75, 3.05) is 18.0 Å². The first-order valence-corrected chi connectivity index (χ1v) is 13.3. The number of pyridine rings is 1. The molecule has 0 radical (unpaired) electrons. The highest BCUT2D eigenvalue weighted by Gasteiger charge is 2.55. The molecule has 5 rings (SSSR count). The SMILES string of the molecule is O=C1NC(=NC2CCCC2)C2(CCN([S+](=O)([O-])c3cccc(C(F)(F)F)c3)CC2)N1c1cccnc1. The standard InChI is InChI=1S/C24H26F3N5O3S/c25-24(26,27)17-5-3-9-20(15-17)36(34,35)31-13-10-23(11-14-31)21(29-18-6-1-2-7-18)30-22(33)32(23)19-8-4-12-28-16-19/h3-5,8-9,12,15-16,18H,1-2,6-7,10-11,13-14H2,(H-,29,30,33,34,35). The molecule has 12 heteroatoms. The highest BCUT2D eigenvalue weighted by molar-refractivity contribution is 7.95. The number of anilines is 1. The maximum Gasteiger partial charge on any atom is 0.416 e. The van der Waals surface area contributed by atoms with E-state index in [0.29, 0.717) is 17.6 Å². The molecule has 1 N–H and O–H groups in total. The van der Waals surface area contributed by atoms with Crippen molar-refractivity contribution in [3.63, 3.8) is 0 Å². The van der Waals surface area contributed by atoms with Gasteiger partial charge in [-0.3, -0.25) is 20.2 Å². The number of piperidine rings is 1. The minimum absolute atomic E-state index is 0.0218. The Kier molecular flexibility index (Phi) is 6.38. The molecule has 3 heterocycles. The molecule has 36 heavy (non-hydrogen) atoms. The molecule has 1 aromatic heterocycles. The highest BCUT2D eigenvalue weighted by Crippen LogP contribution is 2.41. The second-order valence-corrected chi connectivity index (χ2v) is 11.3. The molecule has 2 saturated heterocycles. The van der Waals surface area contributed by atoms with E-state index in [4.69, 9.17) is 4.99 Å². The number of aliphatic imine (C=N–C) groups is 1. The topological polar surface area (TPSA) is 101 Å². The van der Waals surface area contributed by atoms with Gasteiger partial charge in [0.1, 0.15) is 11.4 Å². The Morgan fingerprint density at radius 3 is 2.50 bits per heavy atom. The van der Waals surface area contributed by atoms with Crippen molar-refractivity contribution in [2.45, 2.75) is 61.2 Å². The molecule has 2 aliphatic heterocycles. The van der Waals surface area contributed by atoms with E-state index in [0.717, 1.165) is 37.8 Å². The third kappa shape index (κ3) is 4.41. The summed E-state index contributed by atoms with van der Waals surface area (Å²) in [6.45, 7) is 0.0436. The van der Waals surface area contributed by atoms with Crippen molar-refractivity contribution in [1.82, 2.24) is 14.6 Å². The molecule has 3 aliphatic rings. The van der Waals surface area contributed by atoms with Crippen LogP contribution in [0.4, 0.5) is 23.7 Å². The first kappa shape index (κ1) is 24.8. The van der Waals surface area contributed by atoms with Crippen LogP contribution in [0, 0.1) is 0 Å². The Balaban J connectivity index is 1.46. The zero-order chi connectivity index (χ0) is 25.6. The van der Waals surface area contributed by atoms with Crippen LogP contribution in [0.2, 0.25) is 0 Å². The summed E-state index contributed by atoms with van der Waals surface area (Å²) in [5, 5.41) is 2.92. The van der Waals surface area contributed by atoms with E-state index in [1.807, 2.05) is 0 Å². The zero-order valence-electron chi connectivity index (χ0n) is 19.4. The lowest BCUT2D eigenvalue weighted by atomic mass is 9.86. The Labute approximate surface area is 208 Å². The fourth-order valence-electron chi connectivity index (χ4n) is 5.33. The van der Waals surface area contributed by atoms with Gasteiger partial charge in [0.15, 0.2) is 15.3 Å². The molecule has 8 nitrogen and oxygen atoms in total. The van der Waals surface area contributed by atoms with Crippen molar-refractivity contribution >= 4 is 28.0 Å². The van der Waals surface area contributed by atoms with Crippen molar-refractivity contribution in [3.05, 3.63) is 54.4 Å². The van der Waals surface area contributed by atoms with E-state index < -0.39 is 32.6 Å². The number of nitrogens with zero attached hydrogens (tertiary/aromatic N) is 4. The summed E-state index contributed by atoms with van der Waals surface area (Å²) in [5.41, 5.74) is -1.33. The molecule has 1 atom stereocenters. The second-order valence-electron chi connectivity index (χ2n) is 9.35. The lowest BCUT2D eigenvalue weighted by Gasteiger charge is -2.43. The molecule has 2 amide bonds. The van der Waals surface area contributed by atoms with E-state index in [2.05, 4.69) is 10.3 Å². The molecule has 1 aliphatic carbocycles. The highest BCUT2D eigenvalue weighted by atomic mass is 32.3. The molecule has 1 aromatic carbocycles. The maximum absolute atomic E-state index is 13.3. The van der Waals surface area contributed by atoms with Gasteiger partial charge in [-0.15, -0.1) is 4.31 Å². The predicted octanol–water partition coefficient (Wildman–Crippen LogP) is 4.41. The fraction of sp³-hybridized carbons (Fsp3) is 0.458. The first-order chi connectivity index (χ1) is 17.1. The Morgan fingerprint density at radius 2 is 1.86 bits per heavy atom. The van der Waals surface area contributed by atoms with E-state index >= 15 is 0 Å². The molecular weight excluding hydrogens is 495 g/mol. The minimum atomic E-state index is -4.65.